The van der Waals surface area contributed by atoms with E-state index in [0.29, 0.717) is 6.54 Å². The fourth-order valence-electron chi connectivity index (χ4n) is 2.03. The molecule has 1 aromatic rings. The van der Waals surface area contributed by atoms with Crippen molar-refractivity contribution in [2.24, 2.45) is 0 Å². The number of nitrogens with zero attached hydrogens (tertiary/aromatic N) is 1. The van der Waals surface area contributed by atoms with Crippen molar-refractivity contribution in [1.29, 1.82) is 0 Å². The van der Waals surface area contributed by atoms with Gasteiger partial charge < -0.3 is 15.3 Å². The number of anilines is 2. The Bertz CT molecular complexity index is 315. The van der Waals surface area contributed by atoms with E-state index in [2.05, 4.69) is 34.5 Å². The van der Waals surface area contributed by atoms with Crippen LogP contribution < -0.4 is 10.2 Å². The van der Waals surface area contributed by atoms with Gasteiger partial charge in [0.25, 0.3) is 0 Å². The summed E-state index contributed by atoms with van der Waals surface area (Å²) in [5.41, 5.74) is 2.38. The maximum Gasteiger partial charge on any atom is 0.0684 e. The minimum atomic E-state index is -0.307. The lowest BCUT2D eigenvalue weighted by atomic mass is 10.2. The SMILES string of the molecule is C[C@@H](O)CNc1ccc(N2CCCC2)cc1. The zero-order valence-corrected chi connectivity index (χ0v) is 9.82. The molecule has 3 heteroatoms. The molecule has 2 rings (SSSR count). The van der Waals surface area contributed by atoms with Crippen LogP contribution in [0.5, 0.6) is 0 Å². The number of aliphatic hydroxyl groups is 1. The van der Waals surface area contributed by atoms with Crippen LogP contribution in [0, 0.1) is 0 Å². The second-order valence-corrected chi connectivity index (χ2v) is 4.47. The zero-order chi connectivity index (χ0) is 11.4. The minimum absolute atomic E-state index is 0.307. The third-order valence-electron chi connectivity index (χ3n) is 2.94. The van der Waals surface area contributed by atoms with Crippen LogP contribution in [0.2, 0.25) is 0 Å². The van der Waals surface area contributed by atoms with Crippen LogP contribution >= 0.6 is 0 Å². The Hall–Kier alpha value is -1.22. The maximum atomic E-state index is 9.17. The lowest BCUT2D eigenvalue weighted by molar-refractivity contribution is 0.208. The van der Waals surface area contributed by atoms with E-state index in [1.165, 1.54) is 31.6 Å². The van der Waals surface area contributed by atoms with Crippen molar-refractivity contribution in [1.82, 2.24) is 0 Å². The van der Waals surface area contributed by atoms with Crippen LogP contribution in [0.3, 0.4) is 0 Å². The average Bonchev–Trinajstić information content (AvgIpc) is 2.80. The Balaban J connectivity index is 1.93. The summed E-state index contributed by atoms with van der Waals surface area (Å²) >= 11 is 0. The summed E-state index contributed by atoms with van der Waals surface area (Å²) in [7, 11) is 0. The highest BCUT2D eigenvalue weighted by Crippen LogP contribution is 2.21. The molecule has 1 saturated heterocycles. The van der Waals surface area contributed by atoms with E-state index < -0.39 is 0 Å². The van der Waals surface area contributed by atoms with Gasteiger partial charge in [-0.3, -0.25) is 0 Å². The fraction of sp³-hybridized carbons (Fsp3) is 0.538. The van der Waals surface area contributed by atoms with Gasteiger partial charge >= 0.3 is 0 Å². The van der Waals surface area contributed by atoms with E-state index in [0.717, 1.165) is 5.69 Å². The Morgan fingerprint density at radius 2 is 1.88 bits per heavy atom. The molecule has 0 aromatic heterocycles. The molecular formula is C13H20N2O. The van der Waals surface area contributed by atoms with Gasteiger partial charge in [-0.2, -0.15) is 0 Å². The van der Waals surface area contributed by atoms with Crippen molar-refractivity contribution >= 4 is 11.4 Å². The number of nitrogens with one attached hydrogen (secondary N) is 1. The summed E-state index contributed by atoms with van der Waals surface area (Å²) in [6.45, 7) is 4.75. The lowest BCUT2D eigenvalue weighted by Gasteiger charge is -2.18. The highest BCUT2D eigenvalue weighted by molar-refractivity contribution is 5.55. The van der Waals surface area contributed by atoms with Crippen LogP contribution in [0.4, 0.5) is 11.4 Å². The van der Waals surface area contributed by atoms with E-state index in [4.69, 9.17) is 0 Å². The largest absolute Gasteiger partial charge is 0.392 e. The molecule has 16 heavy (non-hydrogen) atoms. The van der Waals surface area contributed by atoms with Crippen LogP contribution in [0.1, 0.15) is 19.8 Å². The molecule has 0 spiro atoms. The highest BCUT2D eigenvalue weighted by Gasteiger charge is 2.11. The summed E-state index contributed by atoms with van der Waals surface area (Å²) in [6, 6.07) is 8.46. The third kappa shape index (κ3) is 2.89. The average molecular weight is 220 g/mol. The van der Waals surface area contributed by atoms with Crippen molar-refractivity contribution in [2.75, 3.05) is 29.9 Å². The number of hydrogen-bond acceptors (Lipinski definition) is 3. The van der Waals surface area contributed by atoms with Gasteiger partial charge in [-0.25, -0.2) is 0 Å². The quantitative estimate of drug-likeness (QED) is 0.815. The molecule has 2 N–H and O–H groups in total. The number of hydrogen-bond donors (Lipinski definition) is 2. The molecule has 3 nitrogen and oxygen atoms in total. The first-order valence-corrected chi connectivity index (χ1v) is 6.02. The zero-order valence-electron chi connectivity index (χ0n) is 9.82. The molecular weight excluding hydrogens is 200 g/mol. The first-order chi connectivity index (χ1) is 7.75. The molecule has 1 aliphatic heterocycles. The van der Waals surface area contributed by atoms with Gasteiger partial charge in [0, 0.05) is 31.0 Å². The van der Waals surface area contributed by atoms with E-state index in [1.54, 1.807) is 6.92 Å². The molecule has 0 amide bonds. The highest BCUT2D eigenvalue weighted by atomic mass is 16.3. The minimum Gasteiger partial charge on any atom is -0.392 e. The summed E-state index contributed by atoms with van der Waals surface area (Å²) in [5, 5.41) is 12.4. The summed E-state index contributed by atoms with van der Waals surface area (Å²) in [4.78, 5) is 2.42. The van der Waals surface area contributed by atoms with E-state index in [9.17, 15) is 5.11 Å². The predicted molar refractivity (Wildman–Crippen MR) is 68.1 cm³/mol. The van der Waals surface area contributed by atoms with E-state index >= 15 is 0 Å². The molecule has 1 atom stereocenters. The number of benzene rings is 1. The molecule has 88 valence electrons. The molecule has 0 radical (unpaired) electrons. The molecule has 1 aromatic carbocycles. The topological polar surface area (TPSA) is 35.5 Å². The second-order valence-electron chi connectivity index (χ2n) is 4.47. The Labute approximate surface area is 97.1 Å². The molecule has 1 aliphatic rings. The van der Waals surface area contributed by atoms with Crippen molar-refractivity contribution in [3.63, 3.8) is 0 Å². The van der Waals surface area contributed by atoms with Gasteiger partial charge in [0.1, 0.15) is 0 Å². The lowest BCUT2D eigenvalue weighted by Crippen LogP contribution is -2.18. The summed E-state index contributed by atoms with van der Waals surface area (Å²) in [5.74, 6) is 0. The van der Waals surface area contributed by atoms with Crippen LogP contribution in [0.25, 0.3) is 0 Å². The Morgan fingerprint density at radius 3 is 2.44 bits per heavy atom. The van der Waals surface area contributed by atoms with Gasteiger partial charge in [-0.15, -0.1) is 0 Å². The first-order valence-electron chi connectivity index (χ1n) is 6.02. The van der Waals surface area contributed by atoms with Crippen molar-refractivity contribution in [2.45, 2.75) is 25.9 Å². The number of aliphatic hydroxyl groups excluding tert-OH is 1. The molecule has 0 unspecified atom stereocenters. The van der Waals surface area contributed by atoms with Gasteiger partial charge in [-0.1, -0.05) is 0 Å². The Morgan fingerprint density at radius 1 is 1.25 bits per heavy atom. The predicted octanol–water partition coefficient (Wildman–Crippen LogP) is 2.08. The van der Waals surface area contributed by atoms with Crippen molar-refractivity contribution in [3.05, 3.63) is 24.3 Å². The summed E-state index contributed by atoms with van der Waals surface area (Å²) < 4.78 is 0. The van der Waals surface area contributed by atoms with Crippen LogP contribution in [-0.2, 0) is 0 Å². The van der Waals surface area contributed by atoms with Crippen molar-refractivity contribution < 1.29 is 5.11 Å². The fourth-order valence-corrected chi connectivity index (χ4v) is 2.03. The molecule has 1 heterocycles. The van der Waals surface area contributed by atoms with Crippen LogP contribution in [-0.4, -0.2) is 30.8 Å². The third-order valence-corrected chi connectivity index (χ3v) is 2.94. The maximum absolute atomic E-state index is 9.17. The van der Waals surface area contributed by atoms with E-state index in [-0.39, 0.29) is 6.10 Å². The van der Waals surface area contributed by atoms with Crippen molar-refractivity contribution in [3.8, 4) is 0 Å². The standard InChI is InChI=1S/C13H20N2O/c1-11(16)10-14-12-4-6-13(7-5-12)15-8-2-3-9-15/h4-7,11,14,16H,2-3,8-10H2,1H3/t11-/m1/s1. The molecule has 0 aliphatic carbocycles. The van der Waals surface area contributed by atoms with Crippen LogP contribution in [0.15, 0.2) is 24.3 Å². The Kier molecular flexibility index (Phi) is 3.67. The molecule has 0 bridgehead atoms. The smallest absolute Gasteiger partial charge is 0.0684 e. The number of rotatable bonds is 4. The second kappa shape index (κ2) is 5.21. The van der Waals surface area contributed by atoms with Gasteiger partial charge in [0.2, 0.25) is 0 Å². The van der Waals surface area contributed by atoms with Gasteiger partial charge in [0.05, 0.1) is 6.10 Å². The van der Waals surface area contributed by atoms with Gasteiger partial charge in [-0.05, 0) is 44.0 Å². The van der Waals surface area contributed by atoms with Gasteiger partial charge in [0.15, 0.2) is 0 Å². The first kappa shape index (κ1) is 11.3. The summed E-state index contributed by atoms with van der Waals surface area (Å²) in [6.07, 6.45) is 2.31. The monoisotopic (exact) mass is 220 g/mol. The van der Waals surface area contributed by atoms with E-state index in [1.807, 2.05) is 0 Å². The molecule has 1 fully saturated rings. The normalized spacial score (nSPS) is 17.5. The molecule has 0 saturated carbocycles.